The Morgan fingerprint density at radius 3 is 2.12 bits per heavy atom. The van der Waals surface area contributed by atoms with Gasteiger partial charge in [-0.2, -0.15) is 0 Å². The Hall–Kier alpha value is -3.34. The lowest BCUT2D eigenvalue weighted by molar-refractivity contribution is -0.137. The van der Waals surface area contributed by atoms with Gasteiger partial charge in [-0.3, -0.25) is 0 Å². The van der Waals surface area contributed by atoms with Crippen LogP contribution in [0.25, 0.3) is 22.1 Å². The molecule has 0 saturated carbocycles. The number of ether oxygens (including phenoxy) is 2. The largest absolute Gasteiger partial charge is 0.493 e. The topological polar surface area (TPSA) is 65.7 Å². The SMILES string of the molecule is C=CC(=O)OCCCCCCCCCCCCOc1ccc2cc(-c3cc(C(C)C)ccc3CC)c(=O)oc2c1. The summed E-state index contributed by atoms with van der Waals surface area (Å²) in [4.78, 5) is 24.0. The number of hydrogen-bond donors (Lipinski definition) is 0. The Morgan fingerprint density at radius 2 is 1.50 bits per heavy atom. The first-order chi connectivity index (χ1) is 19.4. The molecule has 1 aromatic heterocycles. The smallest absolute Gasteiger partial charge is 0.344 e. The van der Waals surface area contributed by atoms with Gasteiger partial charge in [0, 0.05) is 17.5 Å². The van der Waals surface area contributed by atoms with Gasteiger partial charge < -0.3 is 13.9 Å². The third-order valence-corrected chi connectivity index (χ3v) is 7.40. The molecule has 0 fully saturated rings. The number of carbonyl (C=O) groups is 1. The second kappa shape index (κ2) is 16.7. The molecule has 1 heterocycles. The lowest BCUT2D eigenvalue weighted by Crippen LogP contribution is -2.05. The number of unbranched alkanes of at least 4 members (excludes halogenated alkanes) is 9. The molecule has 0 unspecified atom stereocenters. The van der Waals surface area contributed by atoms with Crippen molar-refractivity contribution in [2.75, 3.05) is 13.2 Å². The fourth-order valence-corrected chi connectivity index (χ4v) is 4.92. The van der Waals surface area contributed by atoms with Crippen LogP contribution in [0.2, 0.25) is 0 Å². The van der Waals surface area contributed by atoms with Crippen LogP contribution in [0.4, 0.5) is 0 Å². The van der Waals surface area contributed by atoms with E-state index in [1.807, 2.05) is 24.3 Å². The molecule has 0 amide bonds. The lowest BCUT2D eigenvalue weighted by Gasteiger charge is -2.13. The number of aryl methyl sites for hydroxylation is 1. The number of rotatable bonds is 18. The van der Waals surface area contributed by atoms with Gasteiger partial charge in [0.05, 0.1) is 18.8 Å². The summed E-state index contributed by atoms with van der Waals surface area (Å²) < 4.78 is 16.7. The van der Waals surface area contributed by atoms with Crippen LogP contribution >= 0.6 is 0 Å². The van der Waals surface area contributed by atoms with E-state index in [4.69, 9.17) is 13.9 Å². The maximum absolute atomic E-state index is 13.0. The summed E-state index contributed by atoms with van der Waals surface area (Å²) in [5, 5.41) is 0.898. The Bertz CT molecular complexity index is 1290. The zero-order valence-corrected chi connectivity index (χ0v) is 24.6. The van der Waals surface area contributed by atoms with Gasteiger partial charge in [-0.05, 0) is 60.1 Å². The molecule has 0 aliphatic carbocycles. The molecule has 0 aliphatic heterocycles. The quantitative estimate of drug-likeness (QED) is 0.0689. The molecule has 5 heteroatoms. The Labute approximate surface area is 239 Å². The van der Waals surface area contributed by atoms with E-state index in [9.17, 15) is 9.59 Å². The predicted molar refractivity (Wildman–Crippen MR) is 164 cm³/mol. The maximum Gasteiger partial charge on any atom is 0.344 e. The van der Waals surface area contributed by atoms with Crippen LogP contribution in [0, 0.1) is 0 Å². The van der Waals surface area contributed by atoms with Crippen LogP contribution in [0.1, 0.15) is 102 Å². The van der Waals surface area contributed by atoms with Gasteiger partial charge in [-0.25, -0.2) is 9.59 Å². The molecule has 3 aromatic rings. The third kappa shape index (κ3) is 9.69. The highest BCUT2D eigenvalue weighted by Crippen LogP contribution is 2.29. The number of fused-ring (bicyclic) bond motifs is 1. The number of benzene rings is 2. The minimum atomic E-state index is -0.334. The molecule has 0 N–H and O–H groups in total. The van der Waals surface area contributed by atoms with Crippen LogP contribution in [0.5, 0.6) is 5.75 Å². The Morgan fingerprint density at radius 1 is 0.850 bits per heavy atom. The first kappa shape index (κ1) is 31.2. The average molecular weight is 547 g/mol. The highest BCUT2D eigenvalue weighted by Gasteiger charge is 2.14. The molecule has 40 heavy (non-hydrogen) atoms. The van der Waals surface area contributed by atoms with Crippen LogP contribution in [0.15, 0.2) is 64.3 Å². The Kier molecular flexibility index (Phi) is 13.0. The number of hydrogen-bond acceptors (Lipinski definition) is 5. The minimum Gasteiger partial charge on any atom is -0.493 e. The second-order valence-electron chi connectivity index (χ2n) is 10.8. The van der Waals surface area contributed by atoms with Crippen LogP contribution < -0.4 is 10.4 Å². The maximum atomic E-state index is 13.0. The second-order valence-corrected chi connectivity index (χ2v) is 10.8. The monoisotopic (exact) mass is 546 g/mol. The molecule has 2 aromatic carbocycles. The van der Waals surface area contributed by atoms with E-state index in [0.717, 1.165) is 54.4 Å². The van der Waals surface area contributed by atoms with E-state index >= 15 is 0 Å². The molecule has 0 saturated heterocycles. The van der Waals surface area contributed by atoms with E-state index < -0.39 is 0 Å². The number of esters is 1. The van der Waals surface area contributed by atoms with Crippen molar-refractivity contribution in [3.05, 3.63) is 76.7 Å². The third-order valence-electron chi connectivity index (χ3n) is 7.40. The minimum absolute atomic E-state index is 0.311. The summed E-state index contributed by atoms with van der Waals surface area (Å²) in [5.41, 5.74) is 4.20. The molecule has 5 nitrogen and oxygen atoms in total. The lowest BCUT2D eigenvalue weighted by atomic mass is 9.92. The van der Waals surface area contributed by atoms with Crippen molar-refractivity contribution >= 4 is 16.9 Å². The van der Waals surface area contributed by atoms with Gasteiger partial charge in [0.15, 0.2) is 0 Å². The Balaban J connectivity index is 1.38. The van der Waals surface area contributed by atoms with Crippen molar-refractivity contribution in [2.45, 2.75) is 97.3 Å². The van der Waals surface area contributed by atoms with Crippen molar-refractivity contribution in [1.82, 2.24) is 0 Å². The molecule has 0 radical (unpaired) electrons. The van der Waals surface area contributed by atoms with E-state index in [-0.39, 0.29) is 11.6 Å². The van der Waals surface area contributed by atoms with Crippen LogP contribution in [0.3, 0.4) is 0 Å². The highest BCUT2D eigenvalue weighted by molar-refractivity contribution is 5.83. The first-order valence-electron chi connectivity index (χ1n) is 15.1. The molecule has 0 aliphatic rings. The van der Waals surface area contributed by atoms with Crippen molar-refractivity contribution in [3.63, 3.8) is 0 Å². The molecule has 0 atom stereocenters. The van der Waals surface area contributed by atoms with Crippen LogP contribution in [-0.4, -0.2) is 19.2 Å². The van der Waals surface area contributed by atoms with Crippen molar-refractivity contribution in [3.8, 4) is 16.9 Å². The van der Waals surface area contributed by atoms with Gasteiger partial charge in [-0.1, -0.05) is 96.9 Å². The molecule has 216 valence electrons. The van der Waals surface area contributed by atoms with Crippen molar-refractivity contribution < 1.29 is 18.7 Å². The number of carbonyl (C=O) groups excluding carboxylic acids is 1. The van der Waals surface area contributed by atoms with Crippen molar-refractivity contribution in [1.29, 1.82) is 0 Å². The molecular weight excluding hydrogens is 500 g/mol. The van der Waals surface area contributed by atoms with Gasteiger partial charge >= 0.3 is 11.6 Å². The molecular formula is C35H46O5. The predicted octanol–water partition coefficient (Wildman–Crippen LogP) is 9.15. The van der Waals surface area contributed by atoms with Gasteiger partial charge in [-0.15, -0.1) is 0 Å². The summed E-state index contributed by atoms with van der Waals surface area (Å²) in [5.74, 6) is 0.791. The van der Waals surface area contributed by atoms with E-state index in [1.54, 1.807) is 0 Å². The summed E-state index contributed by atoms with van der Waals surface area (Å²) in [6.45, 7) is 11.0. The zero-order valence-electron chi connectivity index (χ0n) is 24.6. The van der Waals surface area contributed by atoms with Gasteiger partial charge in [0.2, 0.25) is 0 Å². The normalized spacial score (nSPS) is 11.2. The summed E-state index contributed by atoms with van der Waals surface area (Å²) >= 11 is 0. The van der Waals surface area contributed by atoms with E-state index in [1.165, 1.54) is 50.2 Å². The zero-order chi connectivity index (χ0) is 28.7. The summed E-state index contributed by atoms with van der Waals surface area (Å²) in [6.07, 6.45) is 13.7. The first-order valence-corrected chi connectivity index (χ1v) is 15.1. The standard InChI is InChI=1S/C35H46O5/c1-5-27-17-18-28(26(3)4)23-31(27)32-24-29-19-20-30(25-33(29)40-35(32)37)38-21-15-13-11-9-7-8-10-12-14-16-22-39-34(36)6-2/h6,17-20,23-26H,2,5,7-16,21-22H2,1,3-4H3. The fourth-order valence-electron chi connectivity index (χ4n) is 4.92. The summed E-state index contributed by atoms with van der Waals surface area (Å²) in [6, 6.07) is 14.1. The average Bonchev–Trinajstić information content (AvgIpc) is 2.96. The fraction of sp³-hybridized carbons (Fsp3) is 0.486. The van der Waals surface area contributed by atoms with Crippen molar-refractivity contribution in [2.24, 2.45) is 0 Å². The molecule has 0 bridgehead atoms. The molecule has 0 spiro atoms. The van der Waals surface area contributed by atoms with Gasteiger partial charge in [0.25, 0.3) is 0 Å². The molecule has 3 rings (SSSR count). The van der Waals surface area contributed by atoms with Gasteiger partial charge in [0.1, 0.15) is 11.3 Å². The van der Waals surface area contributed by atoms with E-state index in [0.29, 0.717) is 30.3 Å². The van der Waals surface area contributed by atoms with Crippen LogP contribution in [-0.2, 0) is 16.0 Å². The summed E-state index contributed by atoms with van der Waals surface area (Å²) in [7, 11) is 0. The van der Waals surface area contributed by atoms with E-state index in [2.05, 4.69) is 45.5 Å². The highest BCUT2D eigenvalue weighted by atomic mass is 16.5.